The van der Waals surface area contributed by atoms with E-state index in [1.165, 1.54) is 0 Å². The first-order chi connectivity index (χ1) is 15.3. The molecule has 8 heteroatoms. The number of piperidine rings is 1. The van der Waals surface area contributed by atoms with Gasteiger partial charge in [-0.25, -0.2) is 0 Å². The van der Waals surface area contributed by atoms with Crippen molar-refractivity contribution in [3.8, 4) is 6.07 Å². The third-order valence-electron chi connectivity index (χ3n) is 5.86. The van der Waals surface area contributed by atoms with Gasteiger partial charge in [0.05, 0.1) is 11.6 Å². The Morgan fingerprint density at radius 1 is 1.06 bits per heavy atom. The van der Waals surface area contributed by atoms with Crippen molar-refractivity contribution in [1.29, 1.82) is 5.26 Å². The van der Waals surface area contributed by atoms with Crippen molar-refractivity contribution in [1.82, 2.24) is 10.2 Å². The number of aryl methyl sites for hydroxylation is 1. The number of hydrogen-bond donors (Lipinski definition) is 1. The minimum absolute atomic E-state index is 0.00569. The van der Waals surface area contributed by atoms with E-state index >= 15 is 0 Å². The van der Waals surface area contributed by atoms with Crippen molar-refractivity contribution < 1.29 is 13.2 Å². The van der Waals surface area contributed by atoms with E-state index in [1.807, 2.05) is 42.2 Å². The molecule has 1 N–H and O–H groups in total. The number of sulfonamides is 1. The molecule has 7 nitrogen and oxygen atoms in total. The zero-order valence-corrected chi connectivity index (χ0v) is 18.8. The van der Waals surface area contributed by atoms with Crippen LogP contribution < -0.4 is 5.32 Å². The highest BCUT2D eigenvalue weighted by Crippen LogP contribution is 2.34. The summed E-state index contributed by atoms with van der Waals surface area (Å²) in [6.07, 6.45) is 1.38. The van der Waals surface area contributed by atoms with Crippen LogP contribution in [0.4, 0.5) is 0 Å². The lowest BCUT2D eigenvalue weighted by molar-refractivity contribution is 0.0922. The highest BCUT2D eigenvalue weighted by Gasteiger charge is 2.35. The number of carbonyl (C=O) groups excluding carboxylic acids is 1. The molecule has 0 bridgehead atoms. The van der Waals surface area contributed by atoms with Crippen LogP contribution in [0.1, 0.15) is 46.8 Å². The first-order valence-electron chi connectivity index (χ1n) is 10.5. The van der Waals surface area contributed by atoms with E-state index in [-0.39, 0.29) is 16.9 Å². The first-order valence-corrected chi connectivity index (χ1v) is 11.9. The number of benzene rings is 2. The lowest BCUT2D eigenvalue weighted by Crippen LogP contribution is -2.46. The normalized spacial score (nSPS) is 18.3. The summed E-state index contributed by atoms with van der Waals surface area (Å²) in [6.45, 7) is 4.97. The number of carbonyl (C=O) groups is 1. The molecule has 1 saturated heterocycles. The summed E-state index contributed by atoms with van der Waals surface area (Å²) in [7, 11) is -3.74. The monoisotopic (exact) mass is 448 g/mol. The van der Waals surface area contributed by atoms with Crippen molar-refractivity contribution in [2.45, 2.75) is 32.7 Å². The number of nitrogens with one attached hydrogen (secondary N) is 1. The SMILES string of the molecule is CC1=C(c2ccc(C)cc2)S(=O)(=O)N=C1N1CCC(NC(=O)c2ccc(C#N)cc2)CC1. The molecule has 1 fully saturated rings. The predicted molar refractivity (Wildman–Crippen MR) is 123 cm³/mol. The molecule has 32 heavy (non-hydrogen) atoms. The van der Waals surface area contributed by atoms with Gasteiger partial charge < -0.3 is 10.2 Å². The molecule has 0 atom stereocenters. The summed E-state index contributed by atoms with van der Waals surface area (Å²) in [5.41, 5.74) is 3.40. The smallest absolute Gasteiger partial charge is 0.285 e. The fraction of sp³-hybridized carbons (Fsp3) is 0.292. The van der Waals surface area contributed by atoms with Crippen molar-refractivity contribution in [3.05, 3.63) is 76.4 Å². The number of hydrogen-bond acceptors (Lipinski definition) is 5. The zero-order chi connectivity index (χ0) is 22.9. The van der Waals surface area contributed by atoms with Gasteiger partial charge in [-0.3, -0.25) is 4.79 Å². The number of nitrogens with zero attached hydrogens (tertiary/aromatic N) is 3. The maximum Gasteiger partial charge on any atom is 0.285 e. The van der Waals surface area contributed by atoms with E-state index in [4.69, 9.17) is 5.26 Å². The molecule has 2 aromatic rings. The van der Waals surface area contributed by atoms with E-state index in [9.17, 15) is 13.2 Å². The molecule has 2 aliphatic rings. The van der Waals surface area contributed by atoms with Crippen LogP contribution in [-0.4, -0.2) is 44.2 Å². The quantitative estimate of drug-likeness (QED) is 0.777. The van der Waals surface area contributed by atoms with Gasteiger partial charge in [0, 0.05) is 30.3 Å². The van der Waals surface area contributed by atoms with Crippen LogP contribution in [0.2, 0.25) is 0 Å². The van der Waals surface area contributed by atoms with Crippen molar-refractivity contribution in [2.24, 2.45) is 4.40 Å². The molecule has 0 radical (unpaired) electrons. The molecule has 0 aromatic heterocycles. The molecular formula is C24H24N4O3S. The lowest BCUT2D eigenvalue weighted by Gasteiger charge is -2.33. The number of amides is 1. The van der Waals surface area contributed by atoms with E-state index in [1.54, 1.807) is 31.2 Å². The van der Waals surface area contributed by atoms with Crippen LogP contribution in [-0.2, 0) is 10.0 Å². The Morgan fingerprint density at radius 2 is 1.69 bits per heavy atom. The van der Waals surface area contributed by atoms with Crippen LogP contribution in [0.3, 0.4) is 0 Å². The number of nitriles is 1. The number of amidine groups is 1. The standard InChI is InChI=1S/C24H24N4O3S/c1-16-3-7-19(8-4-16)22-17(2)23(27-32(22,30)31)28-13-11-21(12-14-28)26-24(29)20-9-5-18(15-25)6-10-20/h3-10,21H,11-14H2,1-2H3,(H,26,29). The molecular weight excluding hydrogens is 424 g/mol. The van der Waals surface area contributed by atoms with Gasteiger partial charge >= 0.3 is 0 Å². The maximum absolute atomic E-state index is 12.8. The summed E-state index contributed by atoms with van der Waals surface area (Å²) in [5, 5.41) is 11.9. The van der Waals surface area contributed by atoms with Gasteiger partial charge in [-0.2, -0.15) is 13.7 Å². The summed E-state index contributed by atoms with van der Waals surface area (Å²) in [6, 6.07) is 16.0. The third-order valence-corrected chi connectivity index (χ3v) is 7.33. The van der Waals surface area contributed by atoms with Crippen LogP contribution in [0.25, 0.3) is 4.91 Å². The average molecular weight is 449 g/mol. The van der Waals surface area contributed by atoms with E-state index in [0.717, 1.165) is 5.56 Å². The molecule has 0 saturated carbocycles. The molecule has 2 aliphatic heterocycles. The van der Waals surface area contributed by atoms with Gasteiger partial charge in [0.15, 0.2) is 0 Å². The molecule has 4 rings (SSSR count). The first kappa shape index (κ1) is 21.8. The summed E-state index contributed by atoms with van der Waals surface area (Å²) in [5.74, 6) is 0.323. The Kier molecular flexibility index (Phi) is 5.85. The van der Waals surface area contributed by atoms with Crippen LogP contribution in [0.5, 0.6) is 0 Å². The summed E-state index contributed by atoms with van der Waals surface area (Å²) >= 11 is 0. The second kappa shape index (κ2) is 8.60. The van der Waals surface area contributed by atoms with Gasteiger partial charge in [-0.05, 0) is 56.5 Å². The lowest BCUT2D eigenvalue weighted by atomic mass is 10.0. The molecule has 0 spiro atoms. The molecule has 1 amide bonds. The molecule has 2 aromatic carbocycles. The number of rotatable bonds is 3. The molecule has 0 unspecified atom stereocenters. The Balaban J connectivity index is 1.43. The predicted octanol–water partition coefficient (Wildman–Crippen LogP) is 3.23. The van der Waals surface area contributed by atoms with Crippen LogP contribution >= 0.6 is 0 Å². The van der Waals surface area contributed by atoms with E-state index in [0.29, 0.717) is 54.0 Å². The molecule has 164 valence electrons. The summed E-state index contributed by atoms with van der Waals surface area (Å²) in [4.78, 5) is 14.7. The zero-order valence-electron chi connectivity index (χ0n) is 18.0. The number of likely N-dealkylation sites (tertiary alicyclic amines) is 1. The second-order valence-corrected chi connectivity index (χ2v) is 9.68. The molecule has 2 heterocycles. The maximum atomic E-state index is 12.8. The Labute approximate surface area is 188 Å². The van der Waals surface area contributed by atoms with Crippen LogP contribution in [0.15, 0.2) is 58.5 Å². The minimum atomic E-state index is -3.74. The van der Waals surface area contributed by atoms with Crippen molar-refractivity contribution >= 4 is 26.7 Å². The fourth-order valence-corrected chi connectivity index (χ4v) is 5.57. The topological polar surface area (TPSA) is 103 Å². The Morgan fingerprint density at radius 3 is 2.28 bits per heavy atom. The third kappa shape index (κ3) is 4.30. The van der Waals surface area contributed by atoms with E-state index in [2.05, 4.69) is 9.71 Å². The minimum Gasteiger partial charge on any atom is -0.356 e. The van der Waals surface area contributed by atoms with Crippen LogP contribution in [0, 0.1) is 18.3 Å². The average Bonchev–Trinajstić information content (AvgIpc) is 3.03. The van der Waals surface area contributed by atoms with Gasteiger partial charge in [0.25, 0.3) is 15.9 Å². The van der Waals surface area contributed by atoms with Crippen molar-refractivity contribution in [3.63, 3.8) is 0 Å². The van der Waals surface area contributed by atoms with Gasteiger partial charge in [0.2, 0.25) is 0 Å². The largest absolute Gasteiger partial charge is 0.356 e. The Bertz CT molecular complexity index is 1250. The Hall–Kier alpha value is -3.44. The summed E-state index contributed by atoms with van der Waals surface area (Å²) < 4.78 is 29.6. The van der Waals surface area contributed by atoms with E-state index < -0.39 is 10.0 Å². The van der Waals surface area contributed by atoms with Gasteiger partial charge in [-0.1, -0.05) is 29.8 Å². The second-order valence-electron chi connectivity index (χ2n) is 8.13. The van der Waals surface area contributed by atoms with Gasteiger partial charge in [-0.15, -0.1) is 4.40 Å². The highest BCUT2D eigenvalue weighted by atomic mass is 32.2. The fourth-order valence-electron chi connectivity index (χ4n) is 4.09. The highest BCUT2D eigenvalue weighted by molar-refractivity contribution is 8.00. The van der Waals surface area contributed by atoms with Crippen molar-refractivity contribution in [2.75, 3.05) is 13.1 Å². The molecule has 0 aliphatic carbocycles. The van der Waals surface area contributed by atoms with Gasteiger partial charge in [0.1, 0.15) is 10.7 Å².